The molecule has 0 aromatic carbocycles. The Bertz CT molecular complexity index is 180. The summed E-state index contributed by atoms with van der Waals surface area (Å²) >= 11 is 0. The quantitative estimate of drug-likeness (QED) is 0.759. The number of ether oxygens (including phenoxy) is 1. The standard InChI is InChI=1S/C12H24N2O/c1-2-6-13-11-5-9-15-10-12(11)14-7-3-4-8-14/h11-13H,2-10H2,1H3. The highest BCUT2D eigenvalue weighted by Crippen LogP contribution is 2.19. The van der Waals surface area contributed by atoms with Crippen LogP contribution in [0, 0.1) is 0 Å². The minimum absolute atomic E-state index is 0.632. The summed E-state index contributed by atoms with van der Waals surface area (Å²) in [4.78, 5) is 2.62. The van der Waals surface area contributed by atoms with Crippen molar-refractivity contribution in [3.8, 4) is 0 Å². The van der Waals surface area contributed by atoms with E-state index in [1.807, 2.05) is 0 Å². The molecule has 3 nitrogen and oxygen atoms in total. The minimum atomic E-state index is 0.632. The first-order valence-electron chi connectivity index (χ1n) is 6.47. The van der Waals surface area contributed by atoms with Crippen LogP contribution in [0.2, 0.25) is 0 Å². The third kappa shape index (κ3) is 2.92. The van der Waals surface area contributed by atoms with E-state index >= 15 is 0 Å². The van der Waals surface area contributed by atoms with Crippen molar-refractivity contribution in [2.75, 3.05) is 32.8 Å². The topological polar surface area (TPSA) is 24.5 Å². The molecule has 2 heterocycles. The zero-order valence-corrected chi connectivity index (χ0v) is 9.87. The summed E-state index contributed by atoms with van der Waals surface area (Å²) in [5.41, 5.74) is 0. The molecule has 0 bridgehead atoms. The van der Waals surface area contributed by atoms with Crippen molar-refractivity contribution >= 4 is 0 Å². The first kappa shape index (κ1) is 11.4. The van der Waals surface area contributed by atoms with Crippen LogP contribution in [-0.4, -0.2) is 49.8 Å². The van der Waals surface area contributed by atoms with E-state index in [0.29, 0.717) is 12.1 Å². The molecule has 0 aromatic heterocycles. The maximum Gasteiger partial charge on any atom is 0.0637 e. The molecule has 0 saturated carbocycles. The van der Waals surface area contributed by atoms with Crippen molar-refractivity contribution in [2.24, 2.45) is 0 Å². The molecule has 88 valence electrons. The highest BCUT2D eigenvalue weighted by atomic mass is 16.5. The lowest BCUT2D eigenvalue weighted by molar-refractivity contribution is 0.00526. The van der Waals surface area contributed by atoms with E-state index in [4.69, 9.17) is 4.74 Å². The third-order valence-electron chi connectivity index (χ3n) is 3.59. The molecule has 2 fully saturated rings. The Hall–Kier alpha value is -0.120. The molecule has 3 heteroatoms. The summed E-state index contributed by atoms with van der Waals surface area (Å²) < 4.78 is 5.62. The zero-order chi connectivity index (χ0) is 10.5. The largest absolute Gasteiger partial charge is 0.380 e. The van der Waals surface area contributed by atoms with Crippen molar-refractivity contribution in [3.63, 3.8) is 0 Å². The fraction of sp³-hybridized carbons (Fsp3) is 1.00. The second kappa shape index (κ2) is 5.83. The minimum Gasteiger partial charge on any atom is -0.380 e. The van der Waals surface area contributed by atoms with E-state index in [2.05, 4.69) is 17.1 Å². The first-order valence-corrected chi connectivity index (χ1v) is 6.47. The molecule has 0 radical (unpaired) electrons. The molecule has 2 atom stereocenters. The van der Waals surface area contributed by atoms with Crippen LogP contribution in [0.3, 0.4) is 0 Å². The van der Waals surface area contributed by atoms with E-state index in [1.54, 1.807) is 0 Å². The predicted molar refractivity (Wildman–Crippen MR) is 62.1 cm³/mol. The van der Waals surface area contributed by atoms with Crippen molar-refractivity contribution in [1.29, 1.82) is 0 Å². The van der Waals surface area contributed by atoms with Gasteiger partial charge in [0.25, 0.3) is 0 Å². The fourth-order valence-electron chi connectivity index (χ4n) is 2.72. The van der Waals surface area contributed by atoms with Gasteiger partial charge in [-0.3, -0.25) is 4.90 Å². The van der Waals surface area contributed by atoms with Gasteiger partial charge in [0.1, 0.15) is 0 Å². The molecule has 2 aliphatic heterocycles. The van der Waals surface area contributed by atoms with Crippen LogP contribution in [0.15, 0.2) is 0 Å². The maximum atomic E-state index is 5.62. The smallest absolute Gasteiger partial charge is 0.0637 e. The normalized spacial score (nSPS) is 33.4. The maximum absolute atomic E-state index is 5.62. The van der Waals surface area contributed by atoms with Gasteiger partial charge in [-0.15, -0.1) is 0 Å². The summed E-state index contributed by atoms with van der Waals surface area (Å²) in [7, 11) is 0. The lowest BCUT2D eigenvalue weighted by atomic mass is 10.0. The molecule has 1 N–H and O–H groups in total. The second-order valence-corrected chi connectivity index (χ2v) is 4.73. The first-order chi connectivity index (χ1) is 7.42. The number of hydrogen-bond acceptors (Lipinski definition) is 3. The second-order valence-electron chi connectivity index (χ2n) is 4.73. The molecule has 0 aromatic rings. The monoisotopic (exact) mass is 212 g/mol. The SMILES string of the molecule is CCCNC1CCOCC1N1CCCC1. The molecule has 2 unspecified atom stereocenters. The Kier molecular flexibility index (Phi) is 4.42. The zero-order valence-electron chi connectivity index (χ0n) is 9.87. The predicted octanol–water partition coefficient (Wildman–Crippen LogP) is 1.24. The van der Waals surface area contributed by atoms with Crippen molar-refractivity contribution < 1.29 is 4.74 Å². The van der Waals surface area contributed by atoms with Gasteiger partial charge in [-0.1, -0.05) is 6.92 Å². The Morgan fingerprint density at radius 1 is 1.33 bits per heavy atom. The van der Waals surface area contributed by atoms with Crippen LogP contribution >= 0.6 is 0 Å². The number of rotatable bonds is 4. The van der Waals surface area contributed by atoms with Crippen molar-refractivity contribution in [1.82, 2.24) is 10.2 Å². The Labute approximate surface area is 93.2 Å². The van der Waals surface area contributed by atoms with Crippen LogP contribution in [0.1, 0.15) is 32.6 Å². The van der Waals surface area contributed by atoms with Crippen LogP contribution in [-0.2, 0) is 4.74 Å². The van der Waals surface area contributed by atoms with Crippen molar-refractivity contribution in [3.05, 3.63) is 0 Å². The van der Waals surface area contributed by atoms with Gasteiger partial charge in [0.2, 0.25) is 0 Å². The van der Waals surface area contributed by atoms with Gasteiger partial charge in [0.05, 0.1) is 6.61 Å². The Morgan fingerprint density at radius 2 is 2.13 bits per heavy atom. The number of nitrogens with one attached hydrogen (secondary N) is 1. The van der Waals surface area contributed by atoms with E-state index in [1.165, 1.54) is 38.8 Å². The lowest BCUT2D eigenvalue weighted by Gasteiger charge is -2.38. The van der Waals surface area contributed by atoms with Gasteiger partial charge in [0, 0.05) is 18.7 Å². The van der Waals surface area contributed by atoms with Crippen LogP contribution in [0.4, 0.5) is 0 Å². The summed E-state index contributed by atoms with van der Waals surface area (Å²) in [6.45, 7) is 7.80. The Morgan fingerprint density at radius 3 is 2.87 bits per heavy atom. The highest BCUT2D eigenvalue weighted by molar-refractivity contribution is 4.89. The molecule has 0 spiro atoms. The molecular weight excluding hydrogens is 188 g/mol. The van der Waals surface area contributed by atoms with Gasteiger partial charge >= 0.3 is 0 Å². The van der Waals surface area contributed by atoms with Gasteiger partial charge in [-0.2, -0.15) is 0 Å². The molecular formula is C12H24N2O. The van der Waals surface area contributed by atoms with E-state index in [0.717, 1.165) is 19.8 Å². The average molecular weight is 212 g/mol. The van der Waals surface area contributed by atoms with Crippen LogP contribution in [0.25, 0.3) is 0 Å². The van der Waals surface area contributed by atoms with Crippen LogP contribution < -0.4 is 5.32 Å². The molecule has 2 aliphatic rings. The Balaban J connectivity index is 1.86. The number of nitrogens with zero attached hydrogens (tertiary/aromatic N) is 1. The van der Waals surface area contributed by atoms with E-state index in [9.17, 15) is 0 Å². The molecule has 0 aliphatic carbocycles. The van der Waals surface area contributed by atoms with Gasteiger partial charge in [-0.05, 0) is 45.3 Å². The fourth-order valence-corrected chi connectivity index (χ4v) is 2.72. The van der Waals surface area contributed by atoms with E-state index in [-0.39, 0.29) is 0 Å². The average Bonchev–Trinajstić information content (AvgIpc) is 2.80. The summed E-state index contributed by atoms with van der Waals surface area (Å²) in [5.74, 6) is 0. The number of hydrogen-bond donors (Lipinski definition) is 1. The van der Waals surface area contributed by atoms with Gasteiger partial charge in [-0.25, -0.2) is 0 Å². The molecule has 2 rings (SSSR count). The summed E-state index contributed by atoms with van der Waals surface area (Å²) in [6, 6.07) is 1.30. The molecule has 0 amide bonds. The summed E-state index contributed by atoms with van der Waals surface area (Å²) in [5, 5.41) is 3.68. The summed E-state index contributed by atoms with van der Waals surface area (Å²) in [6.07, 6.45) is 5.15. The van der Waals surface area contributed by atoms with Crippen LogP contribution in [0.5, 0.6) is 0 Å². The number of likely N-dealkylation sites (tertiary alicyclic amines) is 1. The highest BCUT2D eigenvalue weighted by Gasteiger charge is 2.31. The lowest BCUT2D eigenvalue weighted by Crippen LogP contribution is -2.54. The van der Waals surface area contributed by atoms with Gasteiger partial charge in [0.15, 0.2) is 0 Å². The van der Waals surface area contributed by atoms with Crippen molar-refractivity contribution in [2.45, 2.75) is 44.7 Å². The van der Waals surface area contributed by atoms with E-state index < -0.39 is 0 Å². The molecule has 15 heavy (non-hydrogen) atoms. The van der Waals surface area contributed by atoms with Gasteiger partial charge < -0.3 is 10.1 Å². The molecule has 2 saturated heterocycles. The third-order valence-corrected chi connectivity index (χ3v) is 3.59.